The largest absolute Gasteiger partial charge is 0.396 e. The van der Waals surface area contributed by atoms with E-state index in [1.807, 2.05) is 26.0 Å². The average Bonchev–Trinajstić information content (AvgIpc) is 2.28. The topological polar surface area (TPSA) is 62.3 Å². The molecule has 1 aromatic carbocycles. The molecule has 0 amide bonds. The molecular formula is C13H17N3O. The Kier molecular flexibility index (Phi) is 3.21. The summed E-state index contributed by atoms with van der Waals surface area (Å²) in [5, 5.41) is 8.97. The maximum Gasteiger partial charge on any atom is 0.101 e. The van der Waals surface area contributed by atoms with Crippen LogP contribution >= 0.6 is 0 Å². The molecule has 1 aromatic rings. The molecule has 0 aromatic heterocycles. The second-order valence-corrected chi connectivity index (χ2v) is 4.51. The Bertz CT molecular complexity index is 442. The lowest BCUT2D eigenvalue weighted by Gasteiger charge is -2.37. The van der Waals surface area contributed by atoms with Gasteiger partial charge in [0, 0.05) is 13.1 Å². The molecule has 0 saturated carbocycles. The van der Waals surface area contributed by atoms with E-state index in [0.29, 0.717) is 11.3 Å². The number of rotatable bonds is 1. The van der Waals surface area contributed by atoms with Crippen molar-refractivity contribution >= 4 is 11.4 Å². The van der Waals surface area contributed by atoms with Crippen molar-refractivity contribution < 1.29 is 4.74 Å². The highest BCUT2D eigenvalue weighted by Crippen LogP contribution is 2.28. The normalized spacial score (nSPS) is 24.4. The second kappa shape index (κ2) is 4.64. The second-order valence-electron chi connectivity index (χ2n) is 4.51. The third-order valence-corrected chi connectivity index (χ3v) is 2.96. The van der Waals surface area contributed by atoms with E-state index in [-0.39, 0.29) is 12.2 Å². The van der Waals surface area contributed by atoms with Crippen molar-refractivity contribution in [2.75, 3.05) is 23.7 Å². The first kappa shape index (κ1) is 11.7. The summed E-state index contributed by atoms with van der Waals surface area (Å²) in [5.41, 5.74) is 8.05. The number of ether oxygens (including phenoxy) is 1. The molecule has 90 valence electrons. The van der Waals surface area contributed by atoms with Gasteiger partial charge in [0.05, 0.1) is 29.1 Å². The molecule has 17 heavy (non-hydrogen) atoms. The van der Waals surface area contributed by atoms with E-state index in [4.69, 9.17) is 15.7 Å². The molecule has 0 spiro atoms. The first-order valence-corrected chi connectivity index (χ1v) is 5.80. The highest BCUT2D eigenvalue weighted by atomic mass is 16.5. The summed E-state index contributed by atoms with van der Waals surface area (Å²) < 4.78 is 5.69. The van der Waals surface area contributed by atoms with Crippen LogP contribution in [0.5, 0.6) is 0 Å². The molecule has 0 bridgehead atoms. The van der Waals surface area contributed by atoms with Crippen LogP contribution in [0, 0.1) is 11.3 Å². The van der Waals surface area contributed by atoms with E-state index in [2.05, 4.69) is 11.0 Å². The van der Waals surface area contributed by atoms with Crippen LogP contribution < -0.4 is 10.6 Å². The number of benzene rings is 1. The maximum absolute atomic E-state index is 8.97. The quantitative estimate of drug-likeness (QED) is 0.748. The predicted molar refractivity (Wildman–Crippen MR) is 67.8 cm³/mol. The van der Waals surface area contributed by atoms with Gasteiger partial charge < -0.3 is 15.4 Å². The lowest BCUT2D eigenvalue weighted by molar-refractivity contribution is -0.00517. The van der Waals surface area contributed by atoms with Gasteiger partial charge in [0.1, 0.15) is 6.07 Å². The van der Waals surface area contributed by atoms with Crippen LogP contribution in [0.1, 0.15) is 19.4 Å². The molecule has 1 saturated heterocycles. The van der Waals surface area contributed by atoms with E-state index < -0.39 is 0 Å². The molecule has 2 unspecified atom stereocenters. The lowest BCUT2D eigenvalue weighted by atomic mass is 10.1. The fourth-order valence-electron chi connectivity index (χ4n) is 2.30. The minimum atomic E-state index is 0.184. The SMILES string of the molecule is CC1CN(c2cccc(C#N)c2N)CC(C)O1. The van der Waals surface area contributed by atoms with Gasteiger partial charge in [0.2, 0.25) is 0 Å². The maximum atomic E-state index is 8.97. The Morgan fingerprint density at radius 2 is 2.00 bits per heavy atom. The van der Waals surface area contributed by atoms with Gasteiger partial charge in [0.25, 0.3) is 0 Å². The lowest BCUT2D eigenvalue weighted by Crippen LogP contribution is -2.45. The zero-order valence-electron chi connectivity index (χ0n) is 10.2. The molecule has 2 atom stereocenters. The summed E-state index contributed by atoms with van der Waals surface area (Å²) in [6.45, 7) is 5.72. The number of nitrogens with zero attached hydrogens (tertiary/aromatic N) is 2. The number of anilines is 2. The van der Waals surface area contributed by atoms with Crippen molar-refractivity contribution in [3.63, 3.8) is 0 Å². The van der Waals surface area contributed by atoms with Crippen LogP contribution in [0.25, 0.3) is 0 Å². The molecular weight excluding hydrogens is 214 g/mol. The zero-order valence-corrected chi connectivity index (χ0v) is 10.2. The molecule has 1 aliphatic rings. The van der Waals surface area contributed by atoms with Gasteiger partial charge in [-0.1, -0.05) is 6.07 Å². The fraction of sp³-hybridized carbons (Fsp3) is 0.462. The first-order chi connectivity index (χ1) is 8.11. The monoisotopic (exact) mass is 231 g/mol. The predicted octanol–water partition coefficient (Wildman–Crippen LogP) is 1.75. The van der Waals surface area contributed by atoms with Crippen LogP contribution in [0.15, 0.2) is 18.2 Å². The van der Waals surface area contributed by atoms with Crippen molar-refractivity contribution in [3.05, 3.63) is 23.8 Å². The summed E-state index contributed by atoms with van der Waals surface area (Å²) in [5.74, 6) is 0. The Balaban J connectivity index is 2.31. The van der Waals surface area contributed by atoms with Crippen molar-refractivity contribution in [2.45, 2.75) is 26.1 Å². The van der Waals surface area contributed by atoms with Gasteiger partial charge in [-0.05, 0) is 26.0 Å². The molecule has 0 radical (unpaired) electrons. The Labute approximate surface area is 102 Å². The Morgan fingerprint density at radius 1 is 1.35 bits per heavy atom. The van der Waals surface area contributed by atoms with Gasteiger partial charge in [0.15, 0.2) is 0 Å². The third-order valence-electron chi connectivity index (χ3n) is 2.96. The Hall–Kier alpha value is -1.73. The summed E-state index contributed by atoms with van der Waals surface area (Å²) in [4.78, 5) is 2.19. The number of para-hydroxylation sites is 1. The smallest absolute Gasteiger partial charge is 0.101 e. The zero-order chi connectivity index (χ0) is 12.4. The number of morpholine rings is 1. The van der Waals surface area contributed by atoms with Gasteiger partial charge in [-0.3, -0.25) is 0 Å². The van der Waals surface area contributed by atoms with Crippen molar-refractivity contribution in [3.8, 4) is 6.07 Å². The van der Waals surface area contributed by atoms with Gasteiger partial charge in [-0.15, -0.1) is 0 Å². The molecule has 4 nitrogen and oxygen atoms in total. The summed E-state index contributed by atoms with van der Waals surface area (Å²) in [6.07, 6.45) is 0.368. The van der Waals surface area contributed by atoms with Gasteiger partial charge in [-0.2, -0.15) is 5.26 Å². The van der Waals surface area contributed by atoms with Crippen LogP contribution in [-0.2, 0) is 4.74 Å². The van der Waals surface area contributed by atoms with E-state index in [0.717, 1.165) is 18.8 Å². The molecule has 4 heteroatoms. The van der Waals surface area contributed by atoms with E-state index in [1.165, 1.54) is 0 Å². The van der Waals surface area contributed by atoms with Crippen LogP contribution in [0.3, 0.4) is 0 Å². The van der Waals surface area contributed by atoms with E-state index in [1.54, 1.807) is 6.07 Å². The molecule has 2 N–H and O–H groups in total. The van der Waals surface area contributed by atoms with Crippen LogP contribution in [0.2, 0.25) is 0 Å². The van der Waals surface area contributed by atoms with Crippen molar-refractivity contribution in [1.82, 2.24) is 0 Å². The number of hydrogen-bond donors (Lipinski definition) is 1. The van der Waals surface area contributed by atoms with Gasteiger partial charge in [-0.25, -0.2) is 0 Å². The number of nitrogens with two attached hydrogens (primary N) is 1. The highest BCUT2D eigenvalue weighted by molar-refractivity contribution is 5.74. The summed E-state index contributed by atoms with van der Waals surface area (Å²) in [7, 11) is 0. The van der Waals surface area contributed by atoms with Crippen molar-refractivity contribution in [1.29, 1.82) is 5.26 Å². The molecule has 1 heterocycles. The number of nitrogen functional groups attached to an aromatic ring is 1. The summed E-state index contributed by atoms with van der Waals surface area (Å²) in [6, 6.07) is 7.69. The number of hydrogen-bond acceptors (Lipinski definition) is 4. The number of nitriles is 1. The Morgan fingerprint density at radius 3 is 2.59 bits per heavy atom. The average molecular weight is 231 g/mol. The third kappa shape index (κ3) is 2.34. The molecule has 1 aliphatic heterocycles. The minimum absolute atomic E-state index is 0.184. The molecule has 2 rings (SSSR count). The van der Waals surface area contributed by atoms with E-state index in [9.17, 15) is 0 Å². The van der Waals surface area contributed by atoms with Crippen LogP contribution in [0.4, 0.5) is 11.4 Å². The van der Waals surface area contributed by atoms with Crippen LogP contribution in [-0.4, -0.2) is 25.3 Å². The van der Waals surface area contributed by atoms with Gasteiger partial charge >= 0.3 is 0 Å². The highest BCUT2D eigenvalue weighted by Gasteiger charge is 2.24. The fourth-order valence-corrected chi connectivity index (χ4v) is 2.30. The van der Waals surface area contributed by atoms with Crippen molar-refractivity contribution in [2.24, 2.45) is 0 Å². The molecule has 1 fully saturated rings. The molecule has 0 aliphatic carbocycles. The first-order valence-electron chi connectivity index (χ1n) is 5.80. The summed E-state index contributed by atoms with van der Waals surface area (Å²) >= 11 is 0. The van der Waals surface area contributed by atoms with E-state index >= 15 is 0 Å². The standard InChI is InChI=1S/C13H17N3O/c1-9-7-16(8-10(2)17-9)12-5-3-4-11(6-14)13(12)15/h3-5,9-10H,7-8,15H2,1-2H3. The minimum Gasteiger partial charge on any atom is -0.396 e.